The van der Waals surface area contributed by atoms with Gasteiger partial charge in [0.15, 0.2) is 16.6 Å². The van der Waals surface area contributed by atoms with E-state index in [-0.39, 0.29) is 0 Å². The Morgan fingerprint density at radius 3 is 2.62 bits per heavy atom. The van der Waals surface area contributed by atoms with Crippen LogP contribution >= 0.6 is 12.2 Å². The number of methoxy groups -OCH3 is 2. The lowest BCUT2D eigenvalue weighted by Crippen LogP contribution is -2.45. The first kappa shape index (κ1) is 17.3. The lowest BCUT2D eigenvalue weighted by atomic mass is 9.95. The van der Waals surface area contributed by atoms with Gasteiger partial charge in [-0.15, -0.1) is 0 Å². The van der Waals surface area contributed by atoms with E-state index in [4.69, 9.17) is 21.7 Å². The van der Waals surface area contributed by atoms with E-state index in [2.05, 4.69) is 23.3 Å². The molecule has 0 aromatic heterocycles. The number of thiocarbonyl (C=S) groups is 1. The molecule has 4 nitrogen and oxygen atoms in total. The van der Waals surface area contributed by atoms with Crippen LogP contribution in [0, 0.1) is 11.8 Å². The average Bonchev–Trinajstić information content (AvgIpc) is 3.22. The highest BCUT2D eigenvalue weighted by molar-refractivity contribution is 7.80. The summed E-state index contributed by atoms with van der Waals surface area (Å²) in [5.74, 6) is 3.32. The molecule has 1 N–H and O–H groups in total. The number of nitrogens with zero attached hydrogens (tertiary/aromatic N) is 1. The summed E-state index contributed by atoms with van der Waals surface area (Å²) in [6, 6.07) is 6.68. The summed E-state index contributed by atoms with van der Waals surface area (Å²) < 4.78 is 10.7. The van der Waals surface area contributed by atoms with E-state index in [0.717, 1.165) is 41.4 Å². The predicted octanol–water partition coefficient (Wildman–Crippen LogP) is 3.24. The van der Waals surface area contributed by atoms with Crippen LogP contribution in [0.4, 0.5) is 0 Å². The van der Waals surface area contributed by atoms with E-state index in [1.165, 1.54) is 31.2 Å². The fraction of sp³-hybridized carbons (Fsp3) is 0.632. The minimum atomic E-state index is 0.597. The molecule has 24 heavy (non-hydrogen) atoms. The van der Waals surface area contributed by atoms with E-state index >= 15 is 0 Å². The van der Waals surface area contributed by atoms with Crippen LogP contribution in [-0.2, 0) is 6.42 Å². The molecule has 2 aliphatic carbocycles. The van der Waals surface area contributed by atoms with Crippen molar-refractivity contribution in [2.45, 2.75) is 38.1 Å². The monoisotopic (exact) mass is 348 g/mol. The van der Waals surface area contributed by atoms with Gasteiger partial charge in [-0.2, -0.15) is 0 Å². The second kappa shape index (κ2) is 7.60. The first-order chi connectivity index (χ1) is 11.6. The Morgan fingerprint density at radius 1 is 1.21 bits per heavy atom. The molecule has 5 heteroatoms. The zero-order chi connectivity index (χ0) is 17.1. The standard InChI is InChI=1S/C19H28N2O2S/c1-21(19(24)20-16-11-14-4-6-15(16)10-14)9-8-13-5-7-17(22-2)18(12-13)23-3/h5,7,12,14-16H,4,6,8-11H2,1-3H3,(H,20,24)/t14-,15-,16-/m1/s1. The zero-order valence-electron chi connectivity index (χ0n) is 14.9. The summed E-state index contributed by atoms with van der Waals surface area (Å²) in [5.41, 5.74) is 1.22. The number of rotatable bonds is 6. The van der Waals surface area contributed by atoms with Crippen LogP contribution in [0.15, 0.2) is 18.2 Å². The molecule has 0 aliphatic heterocycles. The van der Waals surface area contributed by atoms with Crippen LogP contribution in [0.3, 0.4) is 0 Å². The minimum absolute atomic E-state index is 0.597. The van der Waals surface area contributed by atoms with E-state index in [9.17, 15) is 0 Å². The van der Waals surface area contributed by atoms with Crippen molar-refractivity contribution >= 4 is 17.3 Å². The highest BCUT2D eigenvalue weighted by Crippen LogP contribution is 2.44. The maximum absolute atomic E-state index is 5.60. The number of ether oxygens (including phenoxy) is 2. The van der Waals surface area contributed by atoms with Gasteiger partial charge in [-0.05, 0) is 67.4 Å². The maximum Gasteiger partial charge on any atom is 0.168 e. The largest absolute Gasteiger partial charge is 0.493 e. The minimum Gasteiger partial charge on any atom is -0.493 e. The highest BCUT2D eigenvalue weighted by Gasteiger charge is 2.39. The van der Waals surface area contributed by atoms with Gasteiger partial charge in [0.1, 0.15) is 0 Å². The lowest BCUT2D eigenvalue weighted by molar-refractivity contribution is 0.354. The Kier molecular flexibility index (Phi) is 5.49. The summed E-state index contributed by atoms with van der Waals surface area (Å²) in [7, 11) is 5.40. The predicted molar refractivity (Wildman–Crippen MR) is 101 cm³/mol. The summed E-state index contributed by atoms with van der Waals surface area (Å²) >= 11 is 5.60. The molecule has 0 saturated heterocycles. The topological polar surface area (TPSA) is 33.7 Å². The summed E-state index contributed by atoms with van der Waals surface area (Å²) in [5, 5.41) is 4.48. The molecule has 3 rings (SSSR count). The molecule has 132 valence electrons. The second-order valence-corrected chi connectivity index (χ2v) is 7.48. The molecule has 1 aromatic carbocycles. The number of hydrogen-bond acceptors (Lipinski definition) is 3. The van der Waals surface area contributed by atoms with E-state index in [0.29, 0.717) is 6.04 Å². The van der Waals surface area contributed by atoms with Gasteiger partial charge in [-0.3, -0.25) is 0 Å². The van der Waals surface area contributed by atoms with Gasteiger partial charge in [-0.1, -0.05) is 12.5 Å². The van der Waals surface area contributed by atoms with E-state index in [1.807, 2.05) is 12.1 Å². The van der Waals surface area contributed by atoms with Gasteiger partial charge in [0.25, 0.3) is 0 Å². The molecule has 0 unspecified atom stereocenters. The van der Waals surface area contributed by atoms with Crippen LogP contribution in [0.5, 0.6) is 11.5 Å². The van der Waals surface area contributed by atoms with Gasteiger partial charge >= 0.3 is 0 Å². The quantitative estimate of drug-likeness (QED) is 0.798. The highest BCUT2D eigenvalue weighted by atomic mass is 32.1. The Balaban J connectivity index is 1.49. The number of hydrogen-bond donors (Lipinski definition) is 1. The summed E-state index contributed by atoms with van der Waals surface area (Å²) in [6.45, 7) is 0.891. The molecule has 2 saturated carbocycles. The third kappa shape index (κ3) is 3.77. The molecule has 2 bridgehead atoms. The molecule has 0 spiro atoms. The summed E-state index contributed by atoms with van der Waals surface area (Å²) in [4.78, 5) is 2.15. The van der Waals surface area contributed by atoms with Crippen molar-refractivity contribution in [3.63, 3.8) is 0 Å². The molecule has 2 aliphatic rings. The van der Waals surface area contributed by atoms with Crippen LogP contribution < -0.4 is 14.8 Å². The van der Waals surface area contributed by atoms with E-state index in [1.54, 1.807) is 14.2 Å². The van der Waals surface area contributed by atoms with Gasteiger partial charge in [0, 0.05) is 19.6 Å². The first-order valence-electron chi connectivity index (χ1n) is 8.83. The lowest BCUT2D eigenvalue weighted by Gasteiger charge is -2.28. The van der Waals surface area contributed by atoms with Crippen molar-refractivity contribution in [2.75, 3.05) is 27.8 Å². The summed E-state index contributed by atoms with van der Waals surface area (Å²) in [6.07, 6.45) is 6.42. The van der Waals surface area contributed by atoms with Gasteiger partial charge < -0.3 is 19.7 Å². The number of nitrogens with one attached hydrogen (secondary N) is 1. The third-order valence-corrected chi connectivity index (χ3v) is 6.01. The molecular weight excluding hydrogens is 320 g/mol. The van der Waals surface area contributed by atoms with Crippen LogP contribution in [-0.4, -0.2) is 43.9 Å². The Morgan fingerprint density at radius 2 is 2.00 bits per heavy atom. The van der Waals surface area contributed by atoms with Crippen molar-refractivity contribution in [3.05, 3.63) is 23.8 Å². The van der Waals surface area contributed by atoms with Crippen molar-refractivity contribution in [1.82, 2.24) is 10.2 Å². The fourth-order valence-electron chi connectivity index (χ4n) is 4.12. The Bertz CT molecular complexity index is 593. The molecule has 1 aromatic rings. The average molecular weight is 349 g/mol. The van der Waals surface area contributed by atoms with Crippen molar-refractivity contribution in [3.8, 4) is 11.5 Å². The maximum atomic E-state index is 5.60. The first-order valence-corrected chi connectivity index (χ1v) is 9.24. The van der Waals surface area contributed by atoms with Gasteiger partial charge in [0.2, 0.25) is 0 Å². The number of benzene rings is 1. The van der Waals surface area contributed by atoms with Crippen LogP contribution in [0.2, 0.25) is 0 Å². The van der Waals surface area contributed by atoms with E-state index < -0.39 is 0 Å². The molecule has 0 amide bonds. The molecule has 2 fully saturated rings. The fourth-order valence-corrected chi connectivity index (χ4v) is 4.37. The van der Waals surface area contributed by atoms with Crippen molar-refractivity contribution in [1.29, 1.82) is 0 Å². The molecule has 0 radical (unpaired) electrons. The van der Waals surface area contributed by atoms with Crippen molar-refractivity contribution < 1.29 is 9.47 Å². The molecular formula is C19H28N2O2S. The second-order valence-electron chi connectivity index (χ2n) is 7.09. The van der Waals surface area contributed by atoms with Gasteiger partial charge in [-0.25, -0.2) is 0 Å². The Labute approximate surface area is 150 Å². The van der Waals surface area contributed by atoms with Gasteiger partial charge in [0.05, 0.1) is 14.2 Å². The molecule has 0 heterocycles. The van der Waals surface area contributed by atoms with Crippen molar-refractivity contribution in [2.24, 2.45) is 11.8 Å². The number of likely N-dealkylation sites (N-methyl/N-ethyl adjacent to an activating group) is 1. The SMILES string of the molecule is COc1ccc(CCN(C)C(=S)N[C@@H]2C[C@@H]3CC[C@@H]2C3)cc1OC. The number of fused-ring (bicyclic) bond motifs is 2. The normalized spacial score (nSPS) is 24.7. The van der Waals surface area contributed by atoms with Crippen LogP contribution in [0.1, 0.15) is 31.2 Å². The third-order valence-electron chi connectivity index (χ3n) is 5.58. The smallest absolute Gasteiger partial charge is 0.168 e. The molecule has 3 atom stereocenters. The zero-order valence-corrected chi connectivity index (χ0v) is 15.7. The Hall–Kier alpha value is -1.49. The van der Waals surface area contributed by atoms with Crippen LogP contribution in [0.25, 0.3) is 0 Å².